The van der Waals surface area contributed by atoms with Crippen LogP contribution < -0.4 is 19.5 Å². The summed E-state index contributed by atoms with van der Waals surface area (Å²) in [7, 11) is 4.69. The van der Waals surface area contributed by atoms with Gasteiger partial charge in [0.2, 0.25) is 5.91 Å². The van der Waals surface area contributed by atoms with Crippen LogP contribution >= 0.6 is 0 Å². The number of phenols is 1. The summed E-state index contributed by atoms with van der Waals surface area (Å²) in [5.74, 6) is 1.59. The predicted octanol–water partition coefficient (Wildman–Crippen LogP) is 3.64. The Kier molecular flexibility index (Phi) is 9.97. The molecule has 0 heterocycles. The normalized spacial score (nSPS) is 10.6. The van der Waals surface area contributed by atoms with Crippen molar-refractivity contribution in [2.75, 3.05) is 34.5 Å². The monoisotopic (exact) mass is 431 g/mol. The van der Waals surface area contributed by atoms with Crippen molar-refractivity contribution < 1.29 is 28.8 Å². The Bertz CT molecular complexity index is 852. The van der Waals surface area contributed by atoms with Crippen LogP contribution in [0.3, 0.4) is 0 Å². The highest BCUT2D eigenvalue weighted by Gasteiger charge is 2.16. The molecular formula is C24H33NO6. The molecule has 2 N–H and O–H groups in total. The number of methoxy groups -OCH3 is 3. The molecule has 0 atom stereocenters. The summed E-state index contributed by atoms with van der Waals surface area (Å²) >= 11 is 0. The number of hydrogen-bond acceptors (Lipinski definition) is 6. The van der Waals surface area contributed by atoms with E-state index >= 15 is 0 Å². The van der Waals surface area contributed by atoms with Crippen LogP contribution in [0.1, 0.15) is 36.5 Å². The molecule has 0 saturated carbocycles. The fourth-order valence-corrected chi connectivity index (χ4v) is 3.19. The van der Waals surface area contributed by atoms with E-state index in [1.54, 1.807) is 26.4 Å². The van der Waals surface area contributed by atoms with Crippen LogP contribution in [0.2, 0.25) is 0 Å². The number of aromatic hydroxyl groups is 1. The lowest BCUT2D eigenvalue weighted by Gasteiger charge is -2.15. The average Bonchev–Trinajstić information content (AvgIpc) is 2.78. The van der Waals surface area contributed by atoms with Gasteiger partial charge in [-0.3, -0.25) is 4.79 Å². The number of ether oxygens (including phenoxy) is 4. The summed E-state index contributed by atoms with van der Waals surface area (Å²) in [5, 5.41) is 13.4. The second-order valence-corrected chi connectivity index (χ2v) is 7.13. The van der Waals surface area contributed by atoms with Crippen molar-refractivity contribution in [2.24, 2.45) is 0 Å². The highest BCUT2D eigenvalue weighted by atomic mass is 16.5. The number of carbonyl (C=O) groups is 1. The van der Waals surface area contributed by atoms with Gasteiger partial charge in [0.25, 0.3) is 0 Å². The molecule has 0 radical (unpaired) electrons. The van der Waals surface area contributed by atoms with Gasteiger partial charge in [-0.05, 0) is 42.2 Å². The molecule has 2 rings (SSSR count). The fraction of sp³-hybridized carbons (Fsp3) is 0.458. The zero-order valence-electron chi connectivity index (χ0n) is 18.8. The maximum Gasteiger partial charge on any atom is 0.224 e. The number of amides is 1. The minimum absolute atomic E-state index is 0.0228. The second-order valence-electron chi connectivity index (χ2n) is 7.13. The first-order chi connectivity index (χ1) is 15.0. The van der Waals surface area contributed by atoms with Crippen LogP contribution in [0.25, 0.3) is 0 Å². The Balaban J connectivity index is 1.97. The molecule has 0 aromatic heterocycles. The minimum Gasteiger partial charge on any atom is -0.504 e. The summed E-state index contributed by atoms with van der Waals surface area (Å²) < 4.78 is 21.4. The Morgan fingerprint density at radius 3 is 2.39 bits per heavy atom. The molecule has 0 aliphatic carbocycles. The van der Waals surface area contributed by atoms with Gasteiger partial charge >= 0.3 is 0 Å². The summed E-state index contributed by atoms with van der Waals surface area (Å²) in [6, 6.07) is 9.15. The number of phenolic OH excluding ortho intramolecular Hbond substituents is 1. The van der Waals surface area contributed by atoms with Crippen LogP contribution in [0.5, 0.6) is 23.0 Å². The van der Waals surface area contributed by atoms with Crippen LogP contribution in [-0.4, -0.2) is 45.5 Å². The predicted molar refractivity (Wildman–Crippen MR) is 119 cm³/mol. The maximum atomic E-state index is 12.5. The van der Waals surface area contributed by atoms with Crippen LogP contribution in [0, 0.1) is 0 Å². The van der Waals surface area contributed by atoms with Gasteiger partial charge in [0.05, 0.1) is 34.4 Å². The first-order valence-electron chi connectivity index (χ1n) is 10.5. The highest BCUT2D eigenvalue weighted by Crippen LogP contribution is 2.33. The smallest absolute Gasteiger partial charge is 0.224 e. The molecule has 2 aromatic carbocycles. The van der Waals surface area contributed by atoms with E-state index in [0.29, 0.717) is 42.4 Å². The number of benzene rings is 2. The van der Waals surface area contributed by atoms with E-state index in [1.807, 2.05) is 18.2 Å². The SMILES string of the molecule is CCCCOCc1c(CC(=O)NCCc2ccc(OC)c(OC)c2)ccc(OC)c1O. The van der Waals surface area contributed by atoms with Crippen molar-refractivity contribution in [1.82, 2.24) is 5.32 Å². The minimum atomic E-state index is -0.125. The Labute approximate surface area is 184 Å². The molecule has 31 heavy (non-hydrogen) atoms. The summed E-state index contributed by atoms with van der Waals surface area (Å²) in [5.41, 5.74) is 2.34. The zero-order chi connectivity index (χ0) is 22.6. The summed E-state index contributed by atoms with van der Waals surface area (Å²) in [6.07, 6.45) is 2.78. The highest BCUT2D eigenvalue weighted by molar-refractivity contribution is 5.79. The average molecular weight is 432 g/mol. The third-order valence-electron chi connectivity index (χ3n) is 4.99. The van der Waals surface area contributed by atoms with Crippen LogP contribution in [0.15, 0.2) is 30.3 Å². The van der Waals surface area contributed by atoms with Gasteiger partial charge in [-0.1, -0.05) is 25.5 Å². The van der Waals surface area contributed by atoms with E-state index in [0.717, 1.165) is 24.0 Å². The number of unbranched alkanes of at least 4 members (excludes halogenated alkanes) is 1. The zero-order valence-corrected chi connectivity index (χ0v) is 18.8. The van der Waals surface area contributed by atoms with Crippen LogP contribution in [-0.2, 0) is 29.0 Å². The first kappa shape index (κ1) is 24.3. The van der Waals surface area contributed by atoms with Crippen molar-refractivity contribution in [3.8, 4) is 23.0 Å². The largest absolute Gasteiger partial charge is 0.504 e. The van der Waals surface area contributed by atoms with Gasteiger partial charge in [-0.2, -0.15) is 0 Å². The lowest BCUT2D eigenvalue weighted by atomic mass is 10.0. The Morgan fingerprint density at radius 1 is 1.00 bits per heavy atom. The van der Waals surface area contributed by atoms with Crippen molar-refractivity contribution in [2.45, 2.75) is 39.2 Å². The van der Waals surface area contributed by atoms with Gasteiger partial charge in [0.15, 0.2) is 23.0 Å². The lowest BCUT2D eigenvalue weighted by Crippen LogP contribution is -2.27. The molecular weight excluding hydrogens is 398 g/mol. The van der Waals surface area contributed by atoms with Gasteiger partial charge < -0.3 is 29.4 Å². The van der Waals surface area contributed by atoms with E-state index in [9.17, 15) is 9.90 Å². The molecule has 7 nitrogen and oxygen atoms in total. The number of rotatable bonds is 13. The van der Waals surface area contributed by atoms with E-state index in [4.69, 9.17) is 18.9 Å². The molecule has 170 valence electrons. The number of hydrogen-bond donors (Lipinski definition) is 2. The number of nitrogens with one attached hydrogen (secondary N) is 1. The molecule has 0 aliphatic rings. The van der Waals surface area contributed by atoms with Crippen molar-refractivity contribution >= 4 is 5.91 Å². The van der Waals surface area contributed by atoms with Crippen molar-refractivity contribution in [3.63, 3.8) is 0 Å². The number of carbonyl (C=O) groups excluding carboxylic acids is 1. The van der Waals surface area contributed by atoms with E-state index in [-0.39, 0.29) is 24.7 Å². The molecule has 0 unspecified atom stereocenters. The molecule has 1 amide bonds. The summed E-state index contributed by atoms with van der Waals surface area (Å²) in [6.45, 7) is 3.41. The molecule has 0 saturated heterocycles. The first-order valence-corrected chi connectivity index (χ1v) is 10.5. The maximum absolute atomic E-state index is 12.5. The third-order valence-corrected chi connectivity index (χ3v) is 4.99. The summed E-state index contributed by atoms with van der Waals surface area (Å²) in [4.78, 5) is 12.5. The topological polar surface area (TPSA) is 86.3 Å². The second kappa shape index (κ2) is 12.7. The molecule has 7 heteroatoms. The van der Waals surface area contributed by atoms with E-state index < -0.39 is 0 Å². The van der Waals surface area contributed by atoms with Crippen LogP contribution in [0.4, 0.5) is 0 Å². The third kappa shape index (κ3) is 7.07. The molecule has 2 aromatic rings. The van der Waals surface area contributed by atoms with Gasteiger partial charge in [-0.15, -0.1) is 0 Å². The molecule has 0 aliphatic heterocycles. The Morgan fingerprint density at radius 2 is 1.71 bits per heavy atom. The van der Waals surface area contributed by atoms with Gasteiger partial charge in [0, 0.05) is 18.7 Å². The van der Waals surface area contributed by atoms with Gasteiger partial charge in [-0.25, -0.2) is 0 Å². The standard InChI is InChI=1S/C24H33NO6/c1-5-6-13-31-16-19-18(8-10-21(29-3)24(19)27)15-23(26)25-12-11-17-7-9-20(28-2)22(14-17)30-4/h7-10,14,27H,5-6,11-13,15-16H2,1-4H3,(H,25,26). The van der Waals surface area contributed by atoms with Gasteiger partial charge in [0.1, 0.15) is 0 Å². The van der Waals surface area contributed by atoms with E-state index in [1.165, 1.54) is 7.11 Å². The molecule has 0 fully saturated rings. The Hall–Kier alpha value is -2.93. The van der Waals surface area contributed by atoms with Crippen molar-refractivity contribution in [3.05, 3.63) is 47.0 Å². The lowest BCUT2D eigenvalue weighted by molar-refractivity contribution is -0.120. The molecule has 0 spiro atoms. The molecule has 0 bridgehead atoms. The quantitative estimate of drug-likeness (QED) is 0.471. The fourth-order valence-electron chi connectivity index (χ4n) is 3.19. The van der Waals surface area contributed by atoms with Crippen molar-refractivity contribution in [1.29, 1.82) is 0 Å². The van der Waals surface area contributed by atoms with E-state index in [2.05, 4.69) is 12.2 Å².